The van der Waals surface area contributed by atoms with Crippen LogP contribution < -0.4 is 10.2 Å². The van der Waals surface area contributed by atoms with Gasteiger partial charge in [0.25, 0.3) is 5.91 Å². The average molecular weight is 348 g/mol. The number of anilines is 2. The van der Waals surface area contributed by atoms with E-state index in [9.17, 15) is 4.79 Å². The minimum Gasteiger partial charge on any atom is -0.372 e. The summed E-state index contributed by atoms with van der Waals surface area (Å²) in [5.74, 6) is -0.0252. The SMILES string of the molecule is CCCCN(CCCC)c1ccc(C=C2C(=O)Nc3ccccc32)cc1. The van der Waals surface area contributed by atoms with Gasteiger partial charge in [-0.25, -0.2) is 0 Å². The summed E-state index contributed by atoms with van der Waals surface area (Å²) in [5.41, 5.74) is 4.94. The third kappa shape index (κ3) is 4.16. The standard InChI is InChI=1S/C23H28N2O/c1-3-5-15-25(16-6-4-2)19-13-11-18(12-14-19)17-21-20-9-7-8-10-22(20)24-23(21)26/h7-14,17H,3-6,15-16H2,1-2H3,(H,24,26). The molecule has 0 saturated heterocycles. The first-order valence-electron chi connectivity index (χ1n) is 9.70. The Morgan fingerprint density at radius 3 is 2.23 bits per heavy atom. The number of hydrogen-bond donors (Lipinski definition) is 1. The highest BCUT2D eigenvalue weighted by molar-refractivity contribution is 6.34. The largest absolute Gasteiger partial charge is 0.372 e. The molecule has 0 aliphatic carbocycles. The molecule has 0 saturated carbocycles. The van der Waals surface area contributed by atoms with Crippen molar-refractivity contribution in [3.63, 3.8) is 0 Å². The Kier molecular flexibility index (Phi) is 6.11. The smallest absolute Gasteiger partial charge is 0.256 e. The lowest BCUT2D eigenvalue weighted by molar-refractivity contribution is -0.110. The molecule has 0 spiro atoms. The molecule has 3 heteroatoms. The topological polar surface area (TPSA) is 32.3 Å². The number of para-hydroxylation sites is 1. The van der Waals surface area contributed by atoms with Crippen molar-refractivity contribution >= 4 is 28.9 Å². The second kappa shape index (κ2) is 8.70. The van der Waals surface area contributed by atoms with Crippen LogP contribution in [-0.2, 0) is 4.79 Å². The molecular formula is C23H28N2O. The van der Waals surface area contributed by atoms with Gasteiger partial charge in [0, 0.05) is 35.6 Å². The zero-order valence-electron chi connectivity index (χ0n) is 15.8. The molecule has 2 aromatic rings. The highest BCUT2D eigenvalue weighted by Gasteiger charge is 2.23. The average Bonchev–Trinajstić information content (AvgIpc) is 2.98. The summed E-state index contributed by atoms with van der Waals surface area (Å²) in [7, 11) is 0. The van der Waals surface area contributed by atoms with Crippen molar-refractivity contribution in [3.05, 3.63) is 59.7 Å². The van der Waals surface area contributed by atoms with Gasteiger partial charge in [-0.2, -0.15) is 0 Å². The summed E-state index contributed by atoms with van der Waals surface area (Å²) in [6.07, 6.45) is 6.83. The molecule has 0 unspecified atom stereocenters. The third-order valence-electron chi connectivity index (χ3n) is 4.84. The first kappa shape index (κ1) is 18.2. The maximum absolute atomic E-state index is 12.3. The van der Waals surface area contributed by atoms with E-state index in [1.165, 1.54) is 31.4 Å². The number of hydrogen-bond acceptors (Lipinski definition) is 2. The van der Waals surface area contributed by atoms with E-state index in [1.807, 2.05) is 30.3 Å². The van der Waals surface area contributed by atoms with Crippen LogP contribution in [0.5, 0.6) is 0 Å². The van der Waals surface area contributed by atoms with Crippen LogP contribution >= 0.6 is 0 Å². The lowest BCUT2D eigenvalue weighted by atomic mass is 10.0. The molecule has 0 bridgehead atoms. The van der Waals surface area contributed by atoms with Gasteiger partial charge in [-0.1, -0.05) is 57.0 Å². The third-order valence-corrected chi connectivity index (χ3v) is 4.84. The van der Waals surface area contributed by atoms with Crippen LogP contribution in [0.3, 0.4) is 0 Å². The van der Waals surface area contributed by atoms with E-state index in [0.29, 0.717) is 0 Å². The summed E-state index contributed by atoms with van der Waals surface area (Å²) in [6.45, 7) is 6.68. The quantitative estimate of drug-likeness (QED) is 0.631. The van der Waals surface area contributed by atoms with E-state index >= 15 is 0 Å². The Morgan fingerprint density at radius 1 is 0.923 bits per heavy atom. The fourth-order valence-corrected chi connectivity index (χ4v) is 3.30. The van der Waals surface area contributed by atoms with Gasteiger partial charge >= 0.3 is 0 Å². The van der Waals surface area contributed by atoms with Gasteiger partial charge in [0.05, 0.1) is 0 Å². The molecule has 1 amide bonds. The normalized spacial score (nSPS) is 14.4. The second-order valence-corrected chi connectivity index (χ2v) is 6.84. The maximum Gasteiger partial charge on any atom is 0.256 e. The van der Waals surface area contributed by atoms with Crippen molar-refractivity contribution in [2.45, 2.75) is 39.5 Å². The summed E-state index contributed by atoms with van der Waals surface area (Å²) in [6, 6.07) is 16.4. The lowest BCUT2D eigenvalue weighted by Gasteiger charge is -2.24. The van der Waals surface area contributed by atoms with Gasteiger partial charge in [0.15, 0.2) is 0 Å². The Morgan fingerprint density at radius 2 is 1.58 bits per heavy atom. The number of nitrogens with zero attached hydrogens (tertiary/aromatic N) is 1. The highest BCUT2D eigenvalue weighted by atomic mass is 16.2. The van der Waals surface area contributed by atoms with Gasteiger partial charge in [0.2, 0.25) is 0 Å². The van der Waals surface area contributed by atoms with Gasteiger partial charge < -0.3 is 10.2 Å². The number of fused-ring (bicyclic) bond motifs is 1. The summed E-state index contributed by atoms with van der Waals surface area (Å²) >= 11 is 0. The molecular weight excluding hydrogens is 320 g/mol. The van der Waals surface area contributed by atoms with E-state index in [2.05, 4.69) is 48.3 Å². The molecule has 136 valence electrons. The predicted molar refractivity (Wildman–Crippen MR) is 111 cm³/mol. The van der Waals surface area contributed by atoms with Crippen molar-refractivity contribution in [2.24, 2.45) is 0 Å². The van der Waals surface area contributed by atoms with Gasteiger partial charge in [-0.05, 0) is 42.7 Å². The van der Waals surface area contributed by atoms with Crippen molar-refractivity contribution in [1.82, 2.24) is 0 Å². The zero-order chi connectivity index (χ0) is 18.4. The molecule has 0 radical (unpaired) electrons. The van der Waals surface area contributed by atoms with E-state index in [4.69, 9.17) is 0 Å². The lowest BCUT2D eigenvalue weighted by Crippen LogP contribution is -2.25. The zero-order valence-corrected chi connectivity index (χ0v) is 15.8. The number of carbonyl (C=O) groups excluding carboxylic acids is 1. The second-order valence-electron chi connectivity index (χ2n) is 6.84. The van der Waals surface area contributed by atoms with Crippen LogP contribution in [0.25, 0.3) is 11.6 Å². The molecule has 1 aliphatic rings. The summed E-state index contributed by atoms with van der Waals surface area (Å²) in [5, 5.41) is 2.93. The van der Waals surface area contributed by atoms with Gasteiger partial charge in [-0.3, -0.25) is 4.79 Å². The predicted octanol–water partition coefficient (Wildman–Crippen LogP) is 5.59. The van der Waals surface area contributed by atoms with Crippen molar-refractivity contribution < 1.29 is 4.79 Å². The molecule has 3 rings (SSSR count). The fraction of sp³-hybridized carbons (Fsp3) is 0.348. The minimum atomic E-state index is -0.0252. The van der Waals surface area contributed by atoms with Gasteiger partial charge in [-0.15, -0.1) is 0 Å². The van der Waals surface area contributed by atoms with Crippen LogP contribution in [0, 0.1) is 0 Å². The Balaban J connectivity index is 1.79. The number of unbranched alkanes of at least 4 members (excludes halogenated alkanes) is 2. The van der Waals surface area contributed by atoms with Gasteiger partial charge in [0.1, 0.15) is 0 Å². The summed E-state index contributed by atoms with van der Waals surface area (Å²) < 4.78 is 0. The molecule has 1 aliphatic heterocycles. The van der Waals surface area contributed by atoms with Crippen LogP contribution in [0.2, 0.25) is 0 Å². The minimum absolute atomic E-state index is 0.0252. The molecule has 26 heavy (non-hydrogen) atoms. The van der Waals surface area contributed by atoms with Crippen molar-refractivity contribution in [3.8, 4) is 0 Å². The number of benzene rings is 2. The van der Waals surface area contributed by atoms with E-state index < -0.39 is 0 Å². The first-order chi connectivity index (χ1) is 12.7. The van der Waals surface area contributed by atoms with Crippen LogP contribution in [0.4, 0.5) is 11.4 Å². The van der Waals surface area contributed by atoms with Crippen molar-refractivity contribution in [2.75, 3.05) is 23.3 Å². The first-order valence-corrected chi connectivity index (χ1v) is 9.70. The molecule has 0 fully saturated rings. The maximum atomic E-state index is 12.3. The van der Waals surface area contributed by atoms with Crippen LogP contribution in [0.1, 0.15) is 50.7 Å². The van der Waals surface area contributed by atoms with E-state index in [1.54, 1.807) is 0 Å². The fourth-order valence-electron chi connectivity index (χ4n) is 3.30. The molecule has 3 nitrogen and oxygen atoms in total. The summed E-state index contributed by atoms with van der Waals surface area (Å²) in [4.78, 5) is 14.7. The number of amides is 1. The molecule has 1 N–H and O–H groups in total. The van der Waals surface area contributed by atoms with Crippen LogP contribution in [0.15, 0.2) is 48.5 Å². The Labute approximate surface area is 156 Å². The Hall–Kier alpha value is -2.55. The van der Waals surface area contributed by atoms with E-state index in [0.717, 1.165) is 35.5 Å². The monoisotopic (exact) mass is 348 g/mol. The number of rotatable bonds is 8. The van der Waals surface area contributed by atoms with Crippen LogP contribution in [-0.4, -0.2) is 19.0 Å². The van der Waals surface area contributed by atoms with Crippen molar-refractivity contribution in [1.29, 1.82) is 0 Å². The molecule has 0 atom stereocenters. The Bertz CT molecular complexity index is 769. The molecule has 2 aromatic carbocycles. The van der Waals surface area contributed by atoms with E-state index in [-0.39, 0.29) is 5.91 Å². The molecule has 1 heterocycles. The molecule has 0 aromatic heterocycles. The number of nitrogens with one attached hydrogen (secondary N) is 1. The number of carbonyl (C=O) groups is 1. The highest BCUT2D eigenvalue weighted by Crippen LogP contribution is 2.32.